The molecule has 1 saturated heterocycles. The molecule has 2 rings (SSSR count). The highest BCUT2D eigenvalue weighted by Crippen LogP contribution is 2.03. The maximum absolute atomic E-state index is 11.0. The van der Waals surface area contributed by atoms with E-state index in [9.17, 15) is 4.79 Å². The summed E-state index contributed by atoms with van der Waals surface area (Å²) in [5, 5.41) is 10.4. The summed E-state index contributed by atoms with van der Waals surface area (Å²) in [5.74, 6) is 0.172. The number of rotatable bonds is 4. The zero-order valence-corrected chi connectivity index (χ0v) is 9.57. The number of nitrogens with one attached hydrogen (secondary N) is 2. The number of carbonyl (C=O) groups excluding carboxylic acids is 1. The SMILES string of the molecule is Cn1cc(CCNC2CCC(=O)NC2)cn1. The summed E-state index contributed by atoms with van der Waals surface area (Å²) >= 11 is 0. The lowest BCUT2D eigenvalue weighted by molar-refractivity contribution is -0.122. The van der Waals surface area contributed by atoms with Crippen molar-refractivity contribution in [1.82, 2.24) is 20.4 Å². The Balaban J connectivity index is 1.66. The van der Waals surface area contributed by atoms with Crippen molar-refractivity contribution in [2.24, 2.45) is 7.05 Å². The molecule has 1 aromatic heterocycles. The normalized spacial score (nSPS) is 20.8. The number of aryl methyl sites for hydroxylation is 1. The predicted molar refractivity (Wildman–Crippen MR) is 60.9 cm³/mol. The minimum Gasteiger partial charge on any atom is -0.355 e. The number of amides is 1. The average Bonchev–Trinajstić information content (AvgIpc) is 2.67. The minimum absolute atomic E-state index is 0.172. The molecule has 0 aliphatic carbocycles. The molecule has 0 aromatic carbocycles. The highest BCUT2D eigenvalue weighted by molar-refractivity contribution is 5.76. The van der Waals surface area contributed by atoms with E-state index in [0.717, 1.165) is 25.9 Å². The van der Waals surface area contributed by atoms with E-state index in [1.807, 2.05) is 24.1 Å². The molecule has 0 radical (unpaired) electrons. The first-order chi connectivity index (χ1) is 7.74. The lowest BCUT2D eigenvalue weighted by atomic mass is 10.1. The molecule has 5 nitrogen and oxygen atoms in total. The van der Waals surface area contributed by atoms with Gasteiger partial charge in [-0.15, -0.1) is 0 Å². The minimum atomic E-state index is 0.172. The predicted octanol–water partition coefficient (Wildman–Crippen LogP) is -0.169. The number of hydrogen-bond donors (Lipinski definition) is 2. The number of aromatic nitrogens is 2. The third kappa shape index (κ3) is 3.06. The van der Waals surface area contributed by atoms with Crippen LogP contribution in [0.3, 0.4) is 0 Å². The van der Waals surface area contributed by atoms with E-state index in [2.05, 4.69) is 15.7 Å². The second-order valence-electron chi connectivity index (χ2n) is 4.27. The van der Waals surface area contributed by atoms with Gasteiger partial charge in [0.25, 0.3) is 0 Å². The topological polar surface area (TPSA) is 59.0 Å². The lowest BCUT2D eigenvalue weighted by Gasteiger charge is -2.23. The van der Waals surface area contributed by atoms with Gasteiger partial charge < -0.3 is 10.6 Å². The molecular formula is C11H18N4O. The quantitative estimate of drug-likeness (QED) is 0.743. The standard InChI is InChI=1S/C11H18N4O/c1-15-8-9(6-14-15)4-5-12-10-2-3-11(16)13-7-10/h6,8,10,12H,2-5,7H2,1H3,(H,13,16). The summed E-state index contributed by atoms with van der Waals surface area (Å²) in [6, 6.07) is 0.425. The third-order valence-corrected chi connectivity index (χ3v) is 2.87. The fourth-order valence-corrected chi connectivity index (χ4v) is 1.93. The van der Waals surface area contributed by atoms with Gasteiger partial charge in [0.15, 0.2) is 0 Å². The Hall–Kier alpha value is -1.36. The van der Waals surface area contributed by atoms with Crippen LogP contribution in [0.2, 0.25) is 0 Å². The second-order valence-corrected chi connectivity index (χ2v) is 4.27. The van der Waals surface area contributed by atoms with Crippen LogP contribution in [0.5, 0.6) is 0 Å². The van der Waals surface area contributed by atoms with E-state index in [0.29, 0.717) is 12.5 Å². The molecule has 0 saturated carbocycles. The molecule has 16 heavy (non-hydrogen) atoms. The first-order valence-electron chi connectivity index (χ1n) is 5.71. The van der Waals surface area contributed by atoms with Gasteiger partial charge in [0.1, 0.15) is 0 Å². The highest BCUT2D eigenvalue weighted by atomic mass is 16.1. The van der Waals surface area contributed by atoms with E-state index >= 15 is 0 Å². The first kappa shape index (κ1) is 11.1. The Labute approximate surface area is 95.2 Å². The Bertz CT molecular complexity index is 351. The van der Waals surface area contributed by atoms with Gasteiger partial charge >= 0.3 is 0 Å². The molecule has 1 amide bonds. The molecular weight excluding hydrogens is 204 g/mol. The van der Waals surface area contributed by atoms with Crippen molar-refractivity contribution < 1.29 is 4.79 Å². The molecule has 2 heterocycles. The molecule has 1 atom stereocenters. The lowest BCUT2D eigenvalue weighted by Crippen LogP contribution is -2.46. The van der Waals surface area contributed by atoms with Crippen molar-refractivity contribution in [3.05, 3.63) is 18.0 Å². The first-order valence-corrected chi connectivity index (χ1v) is 5.71. The fraction of sp³-hybridized carbons (Fsp3) is 0.636. The number of carbonyl (C=O) groups is 1. The van der Waals surface area contributed by atoms with Gasteiger partial charge in [0.05, 0.1) is 6.20 Å². The van der Waals surface area contributed by atoms with Gasteiger partial charge in [-0.1, -0.05) is 0 Å². The second kappa shape index (κ2) is 5.12. The maximum Gasteiger partial charge on any atom is 0.220 e. The maximum atomic E-state index is 11.0. The summed E-state index contributed by atoms with van der Waals surface area (Å²) in [6.07, 6.45) is 6.50. The summed E-state index contributed by atoms with van der Waals surface area (Å²) < 4.78 is 1.82. The van der Waals surface area contributed by atoms with E-state index in [4.69, 9.17) is 0 Å². The van der Waals surface area contributed by atoms with Crippen LogP contribution in [0.4, 0.5) is 0 Å². The highest BCUT2D eigenvalue weighted by Gasteiger charge is 2.16. The zero-order chi connectivity index (χ0) is 11.4. The van der Waals surface area contributed by atoms with E-state index in [1.165, 1.54) is 5.56 Å². The van der Waals surface area contributed by atoms with E-state index < -0.39 is 0 Å². The van der Waals surface area contributed by atoms with Crippen molar-refractivity contribution >= 4 is 5.91 Å². The van der Waals surface area contributed by atoms with Crippen molar-refractivity contribution in [1.29, 1.82) is 0 Å². The van der Waals surface area contributed by atoms with Crippen LogP contribution in [0.25, 0.3) is 0 Å². The Morgan fingerprint density at radius 1 is 1.69 bits per heavy atom. The third-order valence-electron chi connectivity index (χ3n) is 2.87. The van der Waals surface area contributed by atoms with Gasteiger partial charge in [0.2, 0.25) is 5.91 Å². The fourth-order valence-electron chi connectivity index (χ4n) is 1.93. The van der Waals surface area contributed by atoms with Crippen LogP contribution in [0.1, 0.15) is 18.4 Å². The molecule has 88 valence electrons. The average molecular weight is 222 g/mol. The van der Waals surface area contributed by atoms with Crippen LogP contribution in [0, 0.1) is 0 Å². The van der Waals surface area contributed by atoms with E-state index in [1.54, 1.807) is 0 Å². The van der Waals surface area contributed by atoms with Gasteiger partial charge in [-0.25, -0.2) is 0 Å². The summed E-state index contributed by atoms with van der Waals surface area (Å²) in [5.41, 5.74) is 1.25. The van der Waals surface area contributed by atoms with Crippen molar-refractivity contribution in [2.75, 3.05) is 13.1 Å². The van der Waals surface area contributed by atoms with Crippen LogP contribution >= 0.6 is 0 Å². The summed E-state index contributed by atoms with van der Waals surface area (Å²) in [6.45, 7) is 1.69. The number of hydrogen-bond acceptors (Lipinski definition) is 3. The monoisotopic (exact) mass is 222 g/mol. The van der Waals surface area contributed by atoms with Crippen LogP contribution < -0.4 is 10.6 Å². The molecule has 5 heteroatoms. The molecule has 0 bridgehead atoms. The van der Waals surface area contributed by atoms with Gasteiger partial charge in [-0.05, 0) is 24.9 Å². The van der Waals surface area contributed by atoms with Crippen LogP contribution in [-0.4, -0.2) is 34.8 Å². The van der Waals surface area contributed by atoms with Gasteiger partial charge in [-0.2, -0.15) is 5.10 Å². The Kier molecular flexibility index (Phi) is 3.56. The van der Waals surface area contributed by atoms with Crippen LogP contribution in [0.15, 0.2) is 12.4 Å². The van der Waals surface area contributed by atoms with Gasteiger partial charge in [-0.3, -0.25) is 9.48 Å². The molecule has 1 aliphatic rings. The van der Waals surface area contributed by atoms with Crippen molar-refractivity contribution in [3.8, 4) is 0 Å². The number of nitrogens with zero attached hydrogens (tertiary/aromatic N) is 2. The Morgan fingerprint density at radius 3 is 3.19 bits per heavy atom. The van der Waals surface area contributed by atoms with Gasteiger partial charge in [0, 0.05) is 32.3 Å². The van der Waals surface area contributed by atoms with Crippen LogP contribution in [-0.2, 0) is 18.3 Å². The molecule has 0 spiro atoms. The smallest absolute Gasteiger partial charge is 0.220 e. The molecule has 1 aliphatic heterocycles. The molecule has 1 fully saturated rings. The molecule has 1 aromatic rings. The summed E-state index contributed by atoms with van der Waals surface area (Å²) in [4.78, 5) is 11.0. The van der Waals surface area contributed by atoms with Crippen molar-refractivity contribution in [3.63, 3.8) is 0 Å². The molecule has 1 unspecified atom stereocenters. The van der Waals surface area contributed by atoms with Crippen molar-refractivity contribution in [2.45, 2.75) is 25.3 Å². The summed E-state index contributed by atoms with van der Waals surface area (Å²) in [7, 11) is 1.92. The molecule has 2 N–H and O–H groups in total. The zero-order valence-electron chi connectivity index (χ0n) is 9.57. The largest absolute Gasteiger partial charge is 0.355 e. The Morgan fingerprint density at radius 2 is 2.56 bits per heavy atom. The number of piperidine rings is 1. The van der Waals surface area contributed by atoms with E-state index in [-0.39, 0.29) is 5.91 Å².